The molecule has 0 radical (unpaired) electrons. The predicted molar refractivity (Wildman–Crippen MR) is 124 cm³/mol. The molecule has 0 unspecified atom stereocenters. The van der Waals surface area contributed by atoms with E-state index >= 15 is 0 Å². The van der Waals surface area contributed by atoms with Crippen LogP contribution in [0.25, 0.3) is 5.69 Å². The van der Waals surface area contributed by atoms with Gasteiger partial charge in [0, 0.05) is 29.1 Å². The third-order valence-corrected chi connectivity index (χ3v) is 6.40. The van der Waals surface area contributed by atoms with Crippen molar-refractivity contribution in [3.8, 4) is 5.69 Å². The summed E-state index contributed by atoms with van der Waals surface area (Å²) in [5.74, 6) is -0.172. The van der Waals surface area contributed by atoms with Crippen LogP contribution in [0.2, 0.25) is 5.02 Å². The summed E-state index contributed by atoms with van der Waals surface area (Å²) in [4.78, 5) is 29.6. The van der Waals surface area contributed by atoms with E-state index in [-0.39, 0.29) is 23.6 Å². The van der Waals surface area contributed by atoms with Gasteiger partial charge in [-0.15, -0.1) is 0 Å². The number of imidazole rings is 1. The number of nitrogens with one attached hydrogen (secondary N) is 2. The number of hydrogen-bond acceptors (Lipinski definition) is 4. The van der Waals surface area contributed by atoms with Crippen molar-refractivity contribution < 1.29 is 9.59 Å². The molecule has 1 heterocycles. The van der Waals surface area contributed by atoms with E-state index in [1.165, 1.54) is 11.8 Å². The Bertz CT molecular complexity index is 1060. The van der Waals surface area contributed by atoms with Crippen molar-refractivity contribution in [3.05, 3.63) is 71.5 Å². The minimum Gasteiger partial charge on any atom is -0.349 e. The predicted octanol–water partition coefficient (Wildman–Crippen LogP) is 4.93. The van der Waals surface area contributed by atoms with Crippen LogP contribution >= 0.6 is 23.4 Å². The van der Waals surface area contributed by atoms with Gasteiger partial charge in [-0.3, -0.25) is 14.2 Å². The van der Waals surface area contributed by atoms with Gasteiger partial charge in [0.15, 0.2) is 5.16 Å². The van der Waals surface area contributed by atoms with E-state index in [4.69, 9.17) is 11.6 Å². The first kappa shape index (κ1) is 21.5. The maximum Gasteiger partial charge on any atom is 0.253 e. The summed E-state index contributed by atoms with van der Waals surface area (Å²) in [5, 5.41) is 7.30. The molecule has 1 aromatic heterocycles. The monoisotopic (exact) mass is 454 g/mol. The number of hydrogen-bond donors (Lipinski definition) is 2. The molecule has 0 atom stereocenters. The minimum absolute atomic E-state index is 0.145. The van der Waals surface area contributed by atoms with Crippen LogP contribution in [0.1, 0.15) is 36.0 Å². The number of nitrogens with zero attached hydrogens (tertiary/aromatic N) is 2. The van der Waals surface area contributed by atoms with Crippen LogP contribution < -0.4 is 10.6 Å². The number of halogens is 1. The van der Waals surface area contributed by atoms with Crippen molar-refractivity contribution in [1.29, 1.82) is 0 Å². The highest BCUT2D eigenvalue weighted by Gasteiger charge is 2.20. The fraction of sp³-hybridized carbons (Fsp3) is 0.261. The number of aromatic nitrogens is 2. The Balaban J connectivity index is 1.38. The molecule has 1 saturated carbocycles. The van der Waals surface area contributed by atoms with Crippen molar-refractivity contribution in [2.75, 3.05) is 11.1 Å². The lowest BCUT2D eigenvalue weighted by molar-refractivity contribution is -0.113. The van der Waals surface area contributed by atoms with Gasteiger partial charge >= 0.3 is 0 Å². The molecule has 8 heteroatoms. The Kier molecular flexibility index (Phi) is 6.94. The number of benzene rings is 2. The highest BCUT2D eigenvalue weighted by atomic mass is 35.5. The molecule has 1 aliphatic rings. The van der Waals surface area contributed by atoms with E-state index in [0.29, 0.717) is 21.4 Å². The third-order valence-electron chi connectivity index (χ3n) is 5.18. The molecule has 1 aliphatic carbocycles. The number of carbonyl (C=O) groups excluding carboxylic acids is 2. The van der Waals surface area contributed by atoms with Crippen LogP contribution in [0.15, 0.2) is 66.1 Å². The molecule has 2 aromatic carbocycles. The van der Waals surface area contributed by atoms with Gasteiger partial charge in [-0.2, -0.15) is 0 Å². The molecule has 2 N–H and O–H groups in total. The summed E-state index contributed by atoms with van der Waals surface area (Å²) in [6.07, 6.45) is 7.84. The van der Waals surface area contributed by atoms with Crippen molar-refractivity contribution in [2.45, 2.75) is 36.9 Å². The zero-order valence-corrected chi connectivity index (χ0v) is 18.5. The first-order valence-corrected chi connectivity index (χ1v) is 11.6. The number of rotatable bonds is 7. The van der Waals surface area contributed by atoms with Gasteiger partial charge in [0.05, 0.1) is 17.0 Å². The Morgan fingerprint density at radius 2 is 1.84 bits per heavy atom. The molecule has 0 spiro atoms. The summed E-state index contributed by atoms with van der Waals surface area (Å²) < 4.78 is 1.90. The fourth-order valence-electron chi connectivity index (χ4n) is 3.63. The van der Waals surface area contributed by atoms with Crippen LogP contribution in [0.4, 0.5) is 5.69 Å². The average Bonchev–Trinajstić information content (AvgIpc) is 3.45. The highest BCUT2D eigenvalue weighted by molar-refractivity contribution is 7.99. The number of amides is 2. The van der Waals surface area contributed by atoms with E-state index in [2.05, 4.69) is 15.6 Å². The van der Waals surface area contributed by atoms with E-state index in [0.717, 1.165) is 31.4 Å². The summed E-state index contributed by atoms with van der Waals surface area (Å²) >= 11 is 7.29. The van der Waals surface area contributed by atoms with Crippen molar-refractivity contribution in [3.63, 3.8) is 0 Å². The maximum atomic E-state index is 12.7. The first-order chi connectivity index (χ1) is 15.1. The lowest BCUT2D eigenvalue weighted by Crippen LogP contribution is -2.33. The average molecular weight is 455 g/mol. The molecule has 6 nitrogen and oxygen atoms in total. The zero-order chi connectivity index (χ0) is 21.6. The largest absolute Gasteiger partial charge is 0.349 e. The number of carbonyl (C=O) groups is 2. The van der Waals surface area contributed by atoms with Gasteiger partial charge in [-0.1, -0.05) is 48.3 Å². The lowest BCUT2D eigenvalue weighted by atomic mass is 10.1. The Morgan fingerprint density at radius 1 is 1.10 bits per heavy atom. The second-order valence-electron chi connectivity index (χ2n) is 7.39. The van der Waals surface area contributed by atoms with Crippen molar-refractivity contribution in [2.24, 2.45) is 0 Å². The van der Waals surface area contributed by atoms with Gasteiger partial charge in [0.2, 0.25) is 5.91 Å². The molecular formula is C23H23ClN4O2S. The summed E-state index contributed by atoms with van der Waals surface area (Å²) in [6.45, 7) is 0. The summed E-state index contributed by atoms with van der Waals surface area (Å²) in [7, 11) is 0. The van der Waals surface area contributed by atoms with Crippen LogP contribution in [-0.4, -0.2) is 33.2 Å². The Labute approximate surface area is 190 Å². The molecule has 31 heavy (non-hydrogen) atoms. The Hall–Kier alpha value is -2.77. The lowest BCUT2D eigenvalue weighted by Gasteiger charge is -2.15. The van der Waals surface area contributed by atoms with E-state index in [1.54, 1.807) is 24.4 Å². The van der Waals surface area contributed by atoms with E-state index in [9.17, 15) is 9.59 Å². The molecule has 2 amide bonds. The third kappa shape index (κ3) is 5.48. The zero-order valence-electron chi connectivity index (χ0n) is 16.9. The molecule has 1 fully saturated rings. The van der Waals surface area contributed by atoms with Crippen LogP contribution in [0.3, 0.4) is 0 Å². The van der Waals surface area contributed by atoms with Gasteiger partial charge in [0.25, 0.3) is 5.91 Å². The Morgan fingerprint density at radius 3 is 2.61 bits per heavy atom. The maximum absolute atomic E-state index is 12.7. The normalized spacial score (nSPS) is 13.8. The fourth-order valence-corrected chi connectivity index (χ4v) is 4.53. The second-order valence-corrected chi connectivity index (χ2v) is 8.77. The quantitative estimate of drug-likeness (QED) is 0.496. The number of para-hydroxylation sites is 1. The smallest absolute Gasteiger partial charge is 0.253 e. The topological polar surface area (TPSA) is 76.0 Å². The van der Waals surface area contributed by atoms with E-state index in [1.807, 2.05) is 41.1 Å². The highest BCUT2D eigenvalue weighted by Crippen LogP contribution is 2.23. The standard InChI is InChI=1S/C23H23ClN4O2S/c24-16-9-11-18(12-10-16)28-14-13-25-23(28)31-15-21(29)27-20-8-4-3-7-19(20)22(30)26-17-5-1-2-6-17/h3-4,7-14,17H,1-2,5-6,15H2,(H,26,30)(H,27,29). The van der Waals surface area contributed by atoms with Crippen LogP contribution in [-0.2, 0) is 4.79 Å². The summed E-state index contributed by atoms with van der Waals surface area (Å²) in [5.41, 5.74) is 1.92. The molecular weight excluding hydrogens is 432 g/mol. The molecule has 160 valence electrons. The molecule has 4 rings (SSSR count). The van der Waals surface area contributed by atoms with Crippen molar-refractivity contribution in [1.82, 2.24) is 14.9 Å². The molecule has 3 aromatic rings. The first-order valence-electron chi connectivity index (χ1n) is 10.2. The number of anilines is 1. The van der Waals surface area contributed by atoms with Gasteiger partial charge in [0.1, 0.15) is 0 Å². The van der Waals surface area contributed by atoms with Gasteiger partial charge in [-0.05, 0) is 49.2 Å². The number of thioether (sulfide) groups is 1. The molecule has 0 bridgehead atoms. The van der Waals surface area contributed by atoms with Crippen molar-refractivity contribution >= 4 is 40.9 Å². The summed E-state index contributed by atoms with van der Waals surface area (Å²) in [6, 6.07) is 14.7. The van der Waals surface area contributed by atoms with Gasteiger partial charge in [-0.25, -0.2) is 4.98 Å². The molecule has 0 saturated heterocycles. The second kappa shape index (κ2) is 10.0. The SMILES string of the molecule is O=C(CSc1nccn1-c1ccc(Cl)cc1)Nc1ccccc1C(=O)NC1CCCC1. The van der Waals surface area contributed by atoms with Crippen LogP contribution in [0, 0.1) is 0 Å². The van der Waals surface area contributed by atoms with E-state index < -0.39 is 0 Å². The minimum atomic E-state index is -0.197. The van der Waals surface area contributed by atoms with Crippen LogP contribution in [0.5, 0.6) is 0 Å². The molecule has 0 aliphatic heterocycles. The van der Waals surface area contributed by atoms with Gasteiger partial charge < -0.3 is 10.6 Å².